The molecular formula is C18H14N4O. The van der Waals surface area contributed by atoms with E-state index in [1.807, 2.05) is 30.3 Å². The predicted octanol–water partition coefficient (Wildman–Crippen LogP) is 2.31. The molecule has 1 heterocycles. The Morgan fingerprint density at radius 1 is 1.04 bits per heavy atom. The summed E-state index contributed by atoms with van der Waals surface area (Å²) >= 11 is 0. The van der Waals surface area contributed by atoms with Crippen molar-refractivity contribution >= 4 is 22.4 Å². The quantitative estimate of drug-likeness (QED) is 0.211. The number of fused-ring (bicyclic) bond motifs is 1. The van der Waals surface area contributed by atoms with Crippen LogP contribution in [-0.2, 0) is 0 Å². The first kappa shape index (κ1) is 14.4. The van der Waals surface area contributed by atoms with Crippen LogP contribution in [0, 0.1) is 11.8 Å². The van der Waals surface area contributed by atoms with Gasteiger partial charge in [-0.05, 0) is 12.1 Å². The Balaban J connectivity index is 2.05. The lowest BCUT2D eigenvalue weighted by Gasteiger charge is -2.03. The van der Waals surface area contributed by atoms with Gasteiger partial charge in [0, 0.05) is 28.1 Å². The molecule has 0 spiro atoms. The van der Waals surface area contributed by atoms with E-state index < -0.39 is 0 Å². The largest absolute Gasteiger partial charge is 0.409 e. The summed E-state index contributed by atoms with van der Waals surface area (Å²) in [6, 6.07) is 14.9. The summed E-state index contributed by atoms with van der Waals surface area (Å²) in [4.78, 5) is 4.18. The number of amidine groups is 1. The van der Waals surface area contributed by atoms with Gasteiger partial charge in [-0.1, -0.05) is 53.4 Å². The maximum Gasteiger partial charge on any atom is 0.170 e. The smallest absolute Gasteiger partial charge is 0.170 e. The molecule has 3 rings (SSSR count). The average Bonchev–Trinajstić information content (AvgIpc) is 2.61. The van der Waals surface area contributed by atoms with Crippen molar-refractivity contribution in [1.29, 1.82) is 0 Å². The molecule has 2 aromatic carbocycles. The number of pyridine rings is 1. The van der Waals surface area contributed by atoms with Gasteiger partial charge in [0.2, 0.25) is 0 Å². The first-order valence-electron chi connectivity index (χ1n) is 6.92. The van der Waals surface area contributed by atoms with E-state index in [0.717, 1.165) is 21.9 Å². The number of nitrogens with zero attached hydrogens (tertiary/aromatic N) is 2. The molecule has 112 valence electrons. The Hall–Kier alpha value is -3.52. The highest BCUT2D eigenvalue weighted by molar-refractivity contribution is 5.97. The van der Waals surface area contributed by atoms with Crippen LogP contribution in [-0.4, -0.2) is 16.0 Å². The number of nitrogen functional groups attached to an aromatic ring is 1. The third-order valence-corrected chi connectivity index (χ3v) is 3.43. The normalized spacial score (nSPS) is 11.0. The highest BCUT2D eigenvalue weighted by atomic mass is 16.4. The lowest BCUT2D eigenvalue weighted by atomic mass is 10.1. The maximum absolute atomic E-state index is 8.74. The zero-order valence-corrected chi connectivity index (χ0v) is 12.2. The summed E-state index contributed by atoms with van der Waals surface area (Å²) in [5, 5.41) is 13.6. The summed E-state index contributed by atoms with van der Waals surface area (Å²) in [6.45, 7) is 0. The van der Waals surface area contributed by atoms with Crippen molar-refractivity contribution in [2.45, 2.75) is 0 Å². The van der Waals surface area contributed by atoms with E-state index in [1.165, 1.54) is 0 Å². The monoisotopic (exact) mass is 302 g/mol. The summed E-state index contributed by atoms with van der Waals surface area (Å²) in [5.74, 6) is 6.71. The van der Waals surface area contributed by atoms with Crippen LogP contribution in [0.15, 0.2) is 59.9 Å². The number of oxime groups is 1. The second-order valence-corrected chi connectivity index (χ2v) is 4.92. The van der Waals surface area contributed by atoms with Gasteiger partial charge in [-0.3, -0.25) is 0 Å². The molecule has 3 aromatic rings. The fourth-order valence-electron chi connectivity index (χ4n) is 2.27. The van der Waals surface area contributed by atoms with Crippen molar-refractivity contribution in [1.82, 2.24) is 4.98 Å². The Kier molecular flexibility index (Phi) is 3.81. The zero-order valence-electron chi connectivity index (χ0n) is 12.2. The Bertz CT molecular complexity index is 967. The number of aromatic nitrogens is 1. The standard InChI is InChI=1S/C18H14N4O/c19-17(22-23)13-5-3-4-12(10-13)8-9-14-11-21-18(20)16-7-2-1-6-15(14)16/h1-7,10-11,23H,(H2,19,22)(H2,20,21). The topological polar surface area (TPSA) is 97.5 Å². The number of rotatable bonds is 1. The number of hydrogen-bond donors (Lipinski definition) is 3. The lowest BCUT2D eigenvalue weighted by Crippen LogP contribution is -2.12. The lowest BCUT2D eigenvalue weighted by molar-refractivity contribution is 0.318. The van der Waals surface area contributed by atoms with E-state index >= 15 is 0 Å². The van der Waals surface area contributed by atoms with Crippen molar-refractivity contribution in [3.8, 4) is 11.8 Å². The third kappa shape index (κ3) is 2.92. The van der Waals surface area contributed by atoms with Crippen LogP contribution in [0.25, 0.3) is 10.8 Å². The van der Waals surface area contributed by atoms with Crippen LogP contribution in [0.3, 0.4) is 0 Å². The van der Waals surface area contributed by atoms with Crippen molar-refractivity contribution in [2.75, 3.05) is 5.73 Å². The van der Waals surface area contributed by atoms with E-state index in [0.29, 0.717) is 11.4 Å². The molecule has 0 aliphatic rings. The highest BCUT2D eigenvalue weighted by Gasteiger charge is 2.03. The molecule has 0 saturated carbocycles. The second kappa shape index (κ2) is 6.08. The van der Waals surface area contributed by atoms with Gasteiger partial charge in [0.15, 0.2) is 5.84 Å². The highest BCUT2D eigenvalue weighted by Crippen LogP contribution is 2.21. The molecule has 0 aliphatic carbocycles. The van der Waals surface area contributed by atoms with Crippen LogP contribution in [0.1, 0.15) is 16.7 Å². The van der Waals surface area contributed by atoms with Gasteiger partial charge < -0.3 is 16.7 Å². The molecule has 0 fully saturated rings. The first-order chi connectivity index (χ1) is 11.2. The second-order valence-electron chi connectivity index (χ2n) is 4.92. The Morgan fingerprint density at radius 3 is 2.61 bits per heavy atom. The van der Waals surface area contributed by atoms with Crippen LogP contribution in [0.4, 0.5) is 5.82 Å². The fraction of sp³-hybridized carbons (Fsp3) is 0. The average molecular weight is 302 g/mol. The molecule has 0 amide bonds. The van der Waals surface area contributed by atoms with E-state index in [9.17, 15) is 0 Å². The molecule has 5 nitrogen and oxygen atoms in total. The minimum absolute atomic E-state index is 0.0493. The van der Waals surface area contributed by atoms with Gasteiger partial charge in [0.1, 0.15) is 5.82 Å². The Morgan fingerprint density at radius 2 is 1.83 bits per heavy atom. The number of benzene rings is 2. The summed E-state index contributed by atoms with van der Waals surface area (Å²) in [6.07, 6.45) is 1.66. The van der Waals surface area contributed by atoms with Crippen LogP contribution < -0.4 is 11.5 Å². The van der Waals surface area contributed by atoms with E-state index in [-0.39, 0.29) is 5.84 Å². The molecule has 23 heavy (non-hydrogen) atoms. The fourth-order valence-corrected chi connectivity index (χ4v) is 2.27. The van der Waals surface area contributed by atoms with Gasteiger partial charge in [-0.25, -0.2) is 4.98 Å². The summed E-state index contributed by atoms with van der Waals surface area (Å²) in [5.41, 5.74) is 13.6. The molecule has 5 N–H and O–H groups in total. The molecule has 1 aromatic heterocycles. The van der Waals surface area contributed by atoms with E-state index in [2.05, 4.69) is 22.0 Å². The summed E-state index contributed by atoms with van der Waals surface area (Å²) < 4.78 is 0. The minimum Gasteiger partial charge on any atom is -0.409 e. The minimum atomic E-state index is 0.0493. The van der Waals surface area contributed by atoms with Crippen molar-refractivity contribution in [3.63, 3.8) is 0 Å². The Labute approximate surface area is 133 Å². The molecule has 0 unspecified atom stereocenters. The van der Waals surface area contributed by atoms with Gasteiger partial charge in [0.05, 0.1) is 5.56 Å². The van der Waals surface area contributed by atoms with Crippen LogP contribution in [0.5, 0.6) is 0 Å². The van der Waals surface area contributed by atoms with Gasteiger partial charge in [0.25, 0.3) is 0 Å². The zero-order chi connectivity index (χ0) is 16.2. The number of hydrogen-bond acceptors (Lipinski definition) is 4. The number of anilines is 1. The van der Waals surface area contributed by atoms with E-state index in [1.54, 1.807) is 24.4 Å². The van der Waals surface area contributed by atoms with E-state index in [4.69, 9.17) is 16.7 Å². The third-order valence-electron chi connectivity index (χ3n) is 3.43. The molecule has 0 radical (unpaired) electrons. The van der Waals surface area contributed by atoms with Crippen LogP contribution >= 0.6 is 0 Å². The van der Waals surface area contributed by atoms with Crippen molar-refractivity contribution in [2.24, 2.45) is 10.9 Å². The number of nitrogens with two attached hydrogens (primary N) is 2. The molecule has 0 saturated heterocycles. The molecule has 0 aliphatic heterocycles. The SMILES string of the molecule is N/C(=N\O)c1cccc(C#Cc2cnc(N)c3ccccc23)c1. The van der Waals surface area contributed by atoms with Gasteiger partial charge >= 0.3 is 0 Å². The van der Waals surface area contributed by atoms with Gasteiger partial charge in [-0.15, -0.1) is 0 Å². The molecule has 5 heteroatoms. The molecule has 0 bridgehead atoms. The van der Waals surface area contributed by atoms with Crippen molar-refractivity contribution < 1.29 is 5.21 Å². The molecule has 0 atom stereocenters. The first-order valence-corrected chi connectivity index (χ1v) is 6.92. The molecular weight excluding hydrogens is 288 g/mol. The summed E-state index contributed by atoms with van der Waals surface area (Å²) in [7, 11) is 0. The maximum atomic E-state index is 8.74. The predicted molar refractivity (Wildman–Crippen MR) is 91.1 cm³/mol. The van der Waals surface area contributed by atoms with Crippen molar-refractivity contribution in [3.05, 3.63) is 71.4 Å². The van der Waals surface area contributed by atoms with Crippen LogP contribution in [0.2, 0.25) is 0 Å². The van der Waals surface area contributed by atoms with Gasteiger partial charge in [-0.2, -0.15) is 0 Å².